The molecule has 0 aromatic carbocycles. The predicted octanol–water partition coefficient (Wildman–Crippen LogP) is 0.186. The molecule has 0 spiro atoms. The molecule has 0 saturated heterocycles. The molecule has 11 nitrogen and oxygen atoms in total. The first-order chi connectivity index (χ1) is 9.95. The van der Waals surface area contributed by atoms with Crippen molar-refractivity contribution < 1.29 is 84.3 Å². The molecule has 0 aliphatic carbocycles. The first-order valence-corrected chi connectivity index (χ1v) is 12.0. The van der Waals surface area contributed by atoms with Gasteiger partial charge in [0.1, 0.15) is 0 Å². The molecule has 10 N–H and O–H groups in total. The van der Waals surface area contributed by atoms with Crippen molar-refractivity contribution in [3.63, 3.8) is 0 Å². The standard InChI is InChI=1S/C6H20N2O5Si2.C2H8O4P.6CH3.2W/c7-3-1-5-14(9,10)13-15(11,12)6-2-4-8;1-5-7(3,4)6-2;;;;;;;;/h9-12H,1-8H2;3-4H,1-2H3;6*1H3;;/q;+1;6*-1;;. The van der Waals surface area contributed by atoms with Crippen LogP contribution in [0.25, 0.3) is 0 Å². The molecule has 0 bridgehead atoms. The van der Waals surface area contributed by atoms with Crippen LogP contribution in [-0.4, -0.2) is 73.9 Å². The molecule has 196 valence electrons. The van der Waals surface area contributed by atoms with E-state index in [1.807, 2.05) is 0 Å². The Kier molecular flexibility index (Phi) is 69.8. The number of rotatable bonds is 10. The van der Waals surface area contributed by atoms with Crippen LogP contribution in [0.4, 0.5) is 0 Å². The largest absolute Gasteiger partial charge is 0.569 e. The molecule has 0 atom stereocenters. The zero-order valence-electron chi connectivity index (χ0n) is 19.6. The third-order valence-corrected chi connectivity index (χ3v) is 7.79. The Morgan fingerprint density at radius 2 is 0.900 bits per heavy atom. The van der Waals surface area contributed by atoms with E-state index < -0.39 is 25.8 Å². The SMILES string of the molecule is CO[P+](O)(O)OC.NCCC[Si](O)(O)O[Si](O)(O)CCCN.[CH3-].[CH3-].[CH3-].[CH3-].[CH3-].[CH3-].[W].[W]. The summed E-state index contributed by atoms with van der Waals surface area (Å²) >= 11 is 0. The summed E-state index contributed by atoms with van der Waals surface area (Å²) in [6, 6.07) is -0.0516. The van der Waals surface area contributed by atoms with Crippen molar-refractivity contribution in [3.05, 3.63) is 44.6 Å². The molecule has 0 aromatic rings. The summed E-state index contributed by atoms with van der Waals surface area (Å²) in [6.07, 6.45) is 0.751. The summed E-state index contributed by atoms with van der Waals surface area (Å²) < 4.78 is 12.8. The van der Waals surface area contributed by atoms with Crippen LogP contribution >= 0.6 is 8.17 Å². The first-order valence-electron chi connectivity index (χ1n) is 6.41. The summed E-state index contributed by atoms with van der Waals surface area (Å²) in [5.41, 5.74) is 10.4. The summed E-state index contributed by atoms with van der Waals surface area (Å²) in [4.78, 5) is 54.2. The number of hydrogen-bond donors (Lipinski definition) is 8. The third-order valence-electron chi connectivity index (χ3n) is 2.22. The van der Waals surface area contributed by atoms with Crippen LogP contribution in [0.1, 0.15) is 12.8 Å². The Labute approximate surface area is 217 Å². The summed E-state index contributed by atoms with van der Waals surface area (Å²) in [7, 11) is -9.01. The van der Waals surface area contributed by atoms with Gasteiger partial charge in [-0.3, -0.25) is 0 Å². The van der Waals surface area contributed by atoms with Crippen LogP contribution in [-0.2, 0) is 55.3 Å². The van der Waals surface area contributed by atoms with Gasteiger partial charge in [-0.2, -0.15) is 18.8 Å². The Morgan fingerprint density at radius 3 is 1.03 bits per heavy atom. The van der Waals surface area contributed by atoms with Crippen LogP contribution in [0.3, 0.4) is 0 Å². The van der Waals surface area contributed by atoms with E-state index in [0.29, 0.717) is 25.9 Å². The summed E-state index contributed by atoms with van der Waals surface area (Å²) in [5, 5.41) is 0. The average Bonchev–Trinajstić information content (AvgIpc) is 2.42. The van der Waals surface area contributed by atoms with Crippen molar-refractivity contribution in [3.8, 4) is 0 Å². The fraction of sp³-hybridized carbons (Fsp3) is 0.571. The van der Waals surface area contributed by atoms with Gasteiger partial charge in [-0.15, -0.1) is 0 Å². The molecule has 0 amide bonds. The second-order valence-electron chi connectivity index (χ2n) is 4.23. The van der Waals surface area contributed by atoms with Crippen LogP contribution in [0, 0.1) is 44.6 Å². The second-order valence-corrected chi connectivity index (χ2v) is 10.7. The minimum Gasteiger partial charge on any atom is -0.390 e. The molecule has 0 saturated carbocycles. The fourth-order valence-corrected chi connectivity index (χ4v) is 5.49. The van der Waals surface area contributed by atoms with Crippen molar-refractivity contribution in [1.82, 2.24) is 0 Å². The first kappa shape index (κ1) is 63.5. The average molecular weight is 841 g/mol. The molecular formula is C14H46N2O9PSi2W2-5. The second kappa shape index (κ2) is 33.0. The Hall–Kier alpha value is 1.80. The molecule has 0 aromatic heterocycles. The van der Waals surface area contributed by atoms with Crippen molar-refractivity contribution in [2.75, 3.05) is 27.3 Å². The Bertz CT molecular complexity index is 280. The maximum Gasteiger partial charge on any atom is 0.569 e. The zero-order chi connectivity index (χ0) is 17.9. The van der Waals surface area contributed by atoms with Gasteiger partial charge in [0, 0.05) is 54.2 Å². The van der Waals surface area contributed by atoms with Crippen LogP contribution < -0.4 is 11.5 Å². The number of hydrogen-bond acceptors (Lipinski definition) is 11. The fourth-order valence-electron chi connectivity index (χ4n) is 1.10. The van der Waals surface area contributed by atoms with Gasteiger partial charge in [-0.1, -0.05) is 0 Å². The van der Waals surface area contributed by atoms with Gasteiger partial charge in [-0.25, -0.2) is 0 Å². The van der Waals surface area contributed by atoms with E-state index in [0.717, 1.165) is 14.2 Å². The molecule has 30 heavy (non-hydrogen) atoms. The Morgan fingerprint density at radius 1 is 0.667 bits per heavy atom. The van der Waals surface area contributed by atoms with E-state index in [9.17, 15) is 19.2 Å². The van der Waals surface area contributed by atoms with Crippen molar-refractivity contribution >= 4 is 25.8 Å². The van der Waals surface area contributed by atoms with E-state index in [1.165, 1.54) is 0 Å². The van der Waals surface area contributed by atoms with Crippen LogP contribution in [0.15, 0.2) is 0 Å². The molecule has 0 fully saturated rings. The molecule has 0 rings (SSSR count). The van der Waals surface area contributed by atoms with E-state index in [4.69, 9.17) is 21.3 Å². The van der Waals surface area contributed by atoms with Gasteiger partial charge in [0.05, 0.1) is 14.2 Å². The van der Waals surface area contributed by atoms with E-state index in [1.54, 1.807) is 0 Å². The summed E-state index contributed by atoms with van der Waals surface area (Å²) in [6.45, 7) is 0.598. The molecule has 0 aliphatic heterocycles. The molecule has 0 heterocycles. The van der Waals surface area contributed by atoms with E-state index >= 15 is 0 Å². The monoisotopic (exact) mass is 841 g/mol. The topological polar surface area (TPSA) is 201 Å². The van der Waals surface area contributed by atoms with Gasteiger partial charge in [0.15, 0.2) is 0 Å². The van der Waals surface area contributed by atoms with Crippen molar-refractivity contribution in [2.45, 2.75) is 24.9 Å². The molecule has 16 heteroatoms. The van der Waals surface area contributed by atoms with Crippen molar-refractivity contribution in [1.29, 1.82) is 0 Å². The maximum absolute atomic E-state index is 9.38. The maximum atomic E-state index is 9.38. The minimum absolute atomic E-state index is 0. The smallest absolute Gasteiger partial charge is 0.390 e. The van der Waals surface area contributed by atoms with Gasteiger partial charge >= 0.3 is 25.8 Å². The molecule has 0 radical (unpaired) electrons. The zero-order valence-corrected chi connectivity index (χ0v) is 28.3. The normalized spacial score (nSPS) is 9.40. The van der Waals surface area contributed by atoms with Gasteiger partial charge in [0.25, 0.3) is 0 Å². The van der Waals surface area contributed by atoms with Gasteiger partial charge < -0.3 is 79.3 Å². The molecule has 0 aliphatic rings. The van der Waals surface area contributed by atoms with Crippen LogP contribution in [0.5, 0.6) is 0 Å². The van der Waals surface area contributed by atoms with Crippen molar-refractivity contribution in [2.24, 2.45) is 11.5 Å². The minimum atomic E-state index is -3.97. The number of nitrogens with two attached hydrogens (primary N) is 2. The van der Waals surface area contributed by atoms with E-state index in [-0.39, 0.29) is 98.8 Å². The van der Waals surface area contributed by atoms with Crippen LogP contribution in [0.2, 0.25) is 12.1 Å². The summed E-state index contributed by atoms with van der Waals surface area (Å²) in [5.74, 6) is 0. The van der Waals surface area contributed by atoms with E-state index in [2.05, 4.69) is 13.2 Å². The predicted molar refractivity (Wildman–Crippen MR) is 122 cm³/mol. The Balaban J connectivity index is -0.0000000299. The van der Waals surface area contributed by atoms with Gasteiger partial charge in [0.2, 0.25) is 0 Å². The molecular weight excluding hydrogens is 795 g/mol. The third kappa shape index (κ3) is 43.6. The molecule has 0 unspecified atom stereocenters. The quantitative estimate of drug-likeness (QED) is 0.0849. The van der Waals surface area contributed by atoms with Gasteiger partial charge in [-0.05, 0) is 25.9 Å².